The summed E-state index contributed by atoms with van der Waals surface area (Å²) in [7, 11) is 0. The van der Waals surface area contributed by atoms with Crippen molar-refractivity contribution in [3.8, 4) is 0 Å². The van der Waals surface area contributed by atoms with Crippen LogP contribution in [0.2, 0.25) is 0 Å². The Bertz CT molecular complexity index is 627. The van der Waals surface area contributed by atoms with E-state index in [1.807, 2.05) is 6.07 Å². The number of amides is 1. The van der Waals surface area contributed by atoms with Crippen LogP contribution < -0.4 is 5.32 Å². The van der Waals surface area contributed by atoms with E-state index in [-0.39, 0.29) is 6.54 Å². The van der Waals surface area contributed by atoms with Gasteiger partial charge in [-0.2, -0.15) is 0 Å². The largest absolute Gasteiger partial charge is 0.479 e. The standard InChI is InChI=1S/C13H12N2O4/c16-11(13(18)19)7-15-12(17)9-3-4-10-8(6-9)2-1-5-14-10/h1-6,11,16H,7H2,(H,15,17)(H,18,19). The Morgan fingerprint density at radius 2 is 2.11 bits per heavy atom. The van der Waals surface area contributed by atoms with E-state index in [1.54, 1.807) is 30.5 Å². The molecule has 1 atom stereocenters. The highest BCUT2D eigenvalue weighted by Crippen LogP contribution is 2.13. The van der Waals surface area contributed by atoms with Crippen molar-refractivity contribution in [2.45, 2.75) is 6.10 Å². The molecule has 0 aliphatic rings. The number of nitrogens with one attached hydrogen (secondary N) is 1. The van der Waals surface area contributed by atoms with Gasteiger partial charge in [-0.15, -0.1) is 0 Å². The third-order valence-electron chi connectivity index (χ3n) is 2.61. The first-order valence-electron chi connectivity index (χ1n) is 5.62. The summed E-state index contributed by atoms with van der Waals surface area (Å²) in [4.78, 5) is 26.3. The maximum Gasteiger partial charge on any atom is 0.334 e. The molecule has 6 nitrogen and oxygen atoms in total. The first-order chi connectivity index (χ1) is 9.08. The van der Waals surface area contributed by atoms with Crippen LogP contribution in [-0.4, -0.2) is 39.7 Å². The summed E-state index contributed by atoms with van der Waals surface area (Å²) in [5, 5.41) is 20.7. The molecule has 0 bridgehead atoms. The number of aliphatic carboxylic acids is 1. The number of pyridine rings is 1. The summed E-state index contributed by atoms with van der Waals surface area (Å²) in [6.45, 7) is -0.334. The molecule has 98 valence electrons. The zero-order valence-corrected chi connectivity index (χ0v) is 9.91. The van der Waals surface area contributed by atoms with E-state index in [2.05, 4.69) is 10.3 Å². The van der Waals surface area contributed by atoms with Crippen molar-refractivity contribution in [1.82, 2.24) is 10.3 Å². The Balaban J connectivity index is 2.11. The number of carbonyl (C=O) groups is 2. The van der Waals surface area contributed by atoms with Gasteiger partial charge in [0.25, 0.3) is 5.91 Å². The fourth-order valence-electron chi connectivity index (χ4n) is 1.60. The number of rotatable bonds is 4. The van der Waals surface area contributed by atoms with Crippen molar-refractivity contribution in [3.63, 3.8) is 0 Å². The fraction of sp³-hybridized carbons (Fsp3) is 0.154. The molecule has 1 amide bonds. The molecule has 0 radical (unpaired) electrons. The van der Waals surface area contributed by atoms with Gasteiger partial charge < -0.3 is 15.5 Å². The van der Waals surface area contributed by atoms with Gasteiger partial charge in [0.05, 0.1) is 12.1 Å². The average molecular weight is 260 g/mol. The molecule has 0 spiro atoms. The topological polar surface area (TPSA) is 99.5 Å². The van der Waals surface area contributed by atoms with E-state index in [1.165, 1.54) is 0 Å². The Morgan fingerprint density at radius 1 is 1.32 bits per heavy atom. The summed E-state index contributed by atoms with van der Waals surface area (Å²) >= 11 is 0. The van der Waals surface area contributed by atoms with Crippen LogP contribution in [0.25, 0.3) is 10.9 Å². The van der Waals surface area contributed by atoms with Gasteiger partial charge in [0.15, 0.2) is 6.10 Å². The van der Waals surface area contributed by atoms with Crippen LogP contribution >= 0.6 is 0 Å². The van der Waals surface area contributed by atoms with E-state index in [0.717, 1.165) is 10.9 Å². The van der Waals surface area contributed by atoms with Crippen LogP contribution in [0.4, 0.5) is 0 Å². The SMILES string of the molecule is O=C(NCC(O)C(=O)O)c1ccc2ncccc2c1. The molecule has 0 aliphatic heterocycles. The highest BCUT2D eigenvalue weighted by atomic mass is 16.4. The number of carbonyl (C=O) groups excluding carboxylic acids is 1. The third-order valence-corrected chi connectivity index (χ3v) is 2.61. The predicted molar refractivity (Wildman–Crippen MR) is 67.7 cm³/mol. The molecular weight excluding hydrogens is 248 g/mol. The number of aliphatic hydroxyl groups excluding tert-OH is 1. The lowest BCUT2D eigenvalue weighted by Crippen LogP contribution is -2.36. The molecule has 1 heterocycles. The maximum atomic E-state index is 11.8. The van der Waals surface area contributed by atoms with Crippen LogP contribution in [0.3, 0.4) is 0 Å². The van der Waals surface area contributed by atoms with Gasteiger partial charge in [0, 0.05) is 17.1 Å². The Kier molecular flexibility index (Phi) is 3.72. The summed E-state index contributed by atoms with van der Waals surface area (Å²) in [6.07, 6.45) is 0.0525. The minimum atomic E-state index is -1.61. The molecule has 1 unspecified atom stereocenters. The van der Waals surface area contributed by atoms with Crippen molar-refractivity contribution < 1.29 is 19.8 Å². The lowest BCUT2D eigenvalue weighted by atomic mass is 10.1. The zero-order valence-electron chi connectivity index (χ0n) is 9.91. The summed E-state index contributed by atoms with van der Waals surface area (Å²) in [5.74, 6) is -1.81. The molecule has 0 fully saturated rings. The second-order valence-electron chi connectivity index (χ2n) is 3.97. The predicted octanol–water partition coefficient (Wildman–Crippen LogP) is 0.410. The summed E-state index contributed by atoms with van der Waals surface area (Å²) in [5.41, 5.74) is 1.16. The van der Waals surface area contributed by atoms with Gasteiger partial charge in [0.1, 0.15) is 0 Å². The quantitative estimate of drug-likeness (QED) is 0.739. The first kappa shape index (κ1) is 13.0. The van der Waals surface area contributed by atoms with Crippen molar-refractivity contribution >= 4 is 22.8 Å². The molecule has 0 saturated heterocycles. The second kappa shape index (κ2) is 5.45. The number of aromatic nitrogens is 1. The number of carboxylic acid groups (broad SMARTS) is 1. The molecule has 19 heavy (non-hydrogen) atoms. The minimum Gasteiger partial charge on any atom is -0.479 e. The number of benzene rings is 1. The van der Waals surface area contributed by atoms with Crippen LogP contribution in [0.15, 0.2) is 36.5 Å². The number of carboxylic acids is 1. The molecule has 2 aromatic rings. The maximum absolute atomic E-state index is 11.8. The van der Waals surface area contributed by atoms with Crippen LogP contribution in [-0.2, 0) is 4.79 Å². The molecule has 0 saturated carbocycles. The monoisotopic (exact) mass is 260 g/mol. The van der Waals surface area contributed by atoms with Gasteiger partial charge in [0.2, 0.25) is 0 Å². The van der Waals surface area contributed by atoms with Gasteiger partial charge in [-0.05, 0) is 24.3 Å². The van der Waals surface area contributed by atoms with Gasteiger partial charge in [-0.25, -0.2) is 4.79 Å². The third kappa shape index (κ3) is 3.05. The number of hydrogen-bond donors (Lipinski definition) is 3. The zero-order chi connectivity index (χ0) is 13.8. The number of fused-ring (bicyclic) bond motifs is 1. The number of hydrogen-bond acceptors (Lipinski definition) is 4. The van der Waals surface area contributed by atoms with E-state index < -0.39 is 18.0 Å². The summed E-state index contributed by atoms with van der Waals surface area (Å²) < 4.78 is 0. The molecule has 2 rings (SSSR count). The molecule has 1 aromatic heterocycles. The fourth-order valence-corrected chi connectivity index (χ4v) is 1.60. The Hall–Kier alpha value is -2.47. The highest BCUT2D eigenvalue weighted by Gasteiger charge is 2.15. The molecular formula is C13H12N2O4. The van der Waals surface area contributed by atoms with Crippen LogP contribution in [0, 0.1) is 0 Å². The molecule has 6 heteroatoms. The van der Waals surface area contributed by atoms with Crippen LogP contribution in [0.5, 0.6) is 0 Å². The van der Waals surface area contributed by atoms with Crippen LogP contribution in [0.1, 0.15) is 10.4 Å². The number of nitrogens with zero attached hydrogens (tertiary/aromatic N) is 1. The van der Waals surface area contributed by atoms with E-state index in [0.29, 0.717) is 5.56 Å². The second-order valence-corrected chi connectivity index (χ2v) is 3.97. The molecule has 1 aromatic carbocycles. The Labute approximate surface area is 108 Å². The Morgan fingerprint density at radius 3 is 2.84 bits per heavy atom. The van der Waals surface area contributed by atoms with Crippen molar-refractivity contribution in [1.29, 1.82) is 0 Å². The van der Waals surface area contributed by atoms with Gasteiger partial charge in [-0.1, -0.05) is 6.07 Å². The summed E-state index contributed by atoms with van der Waals surface area (Å²) in [6, 6.07) is 8.55. The van der Waals surface area contributed by atoms with Crippen molar-refractivity contribution in [2.24, 2.45) is 0 Å². The lowest BCUT2D eigenvalue weighted by Gasteiger charge is -2.08. The van der Waals surface area contributed by atoms with E-state index in [4.69, 9.17) is 10.2 Å². The van der Waals surface area contributed by atoms with Gasteiger partial charge in [-0.3, -0.25) is 9.78 Å². The minimum absolute atomic E-state index is 0.334. The van der Waals surface area contributed by atoms with E-state index >= 15 is 0 Å². The highest BCUT2D eigenvalue weighted by molar-refractivity contribution is 5.98. The molecule has 0 aliphatic carbocycles. The van der Waals surface area contributed by atoms with Crippen molar-refractivity contribution in [2.75, 3.05) is 6.54 Å². The lowest BCUT2D eigenvalue weighted by molar-refractivity contribution is -0.146. The van der Waals surface area contributed by atoms with Crippen molar-refractivity contribution in [3.05, 3.63) is 42.1 Å². The van der Waals surface area contributed by atoms with Gasteiger partial charge >= 0.3 is 5.97 Å². The first-order valence-corrected chi connectivity index (χ1v) is 5.62. The normalized spacial score (nSPS) is 12.1. The molecule has 3 N–H and O–H groups in total. The average Bonchev–Trinajstić information content (AvgIpc) is 2.43. The number of aliphatic hydroxyl groups is 1. The van der Waals surface area contributed by atoms with E-state index in [9.17, 15) is 9.59 Å². The smallest absolute Gasteiger partial charge is 0.334 e.